The van der Waals surface area contributed by atoms with Crippen LogP contribution in [0.1, 0.15) is 11.1 Å². The van der Waals surface area contributed by atoms with Crippen LogP contribution in [0.15, 0.2) is 36.4 Å². The summed E-state index contributed by atoms with van der Waals surface area (Å²) in [5.41, 5.74) is 7.64. The fourth-order valence-electron chi connectivity index (χ4n) is 1.85. The molecule has 2 aromatic rings. The van der Waals surface area contributed by atoms with E-state index in [4.69, 9.17) is 33.7 Å². The monoisotopic (exact) mass is 421 g/mol. The molecule has 0 atom stereocenters. The highest BCUT2D eigenvalue weighted by molar-refractivity contribution is 14.1. The molecule has 0 bridgehead atoms. The Balaban J connectivity index is 2.17. The summed E-state index contributed by atoms with van der Waals surface area (Å²) in [4.78, 5) is 0. The van der Waals surface area contributed by atoms with E-state index in [-0.39, 0.29) is 0 Å². The lowest BCUT2D eigenvalue weighted by atomic mass is 10.1. The Morgan fingerprint density at radius 2 is 1.80 bits per heavy atom. The van der Waals surface area contributed by atoms with Crippen LogP contribution in [0.5, 0.6) is 5.75 Å². The van der Waals surface area contributed by atoms with Gasteiger partial charge < -0.3 is 10.5 Å². The molecule has 0 aliphatic heterocycles. The number of ether oxygens (including phenoxy) is 1. The van der Waals surface area contributed by atoms with Gasteiger partial charge in [0.2, 0.25) is 0 Å². The third-order valence-electron chi connectivity index (χ3n) is 2.80. The first-order valence-corrected chi connectivity index (χ1v) is 7.99. The second-order valence-electron chi connectivity index (χ2n) is 4.33. The van der Waals surface area contributed by atoms with Gasteiger partial charge in [0.05, 0.1) is 5.02 Å². The molecule has 0 fully saturated rings. The van der Waals surface area contributed by atoms with Crippen molar-refractivity contribution in [3.05, 3.63) is 61.1 Å². The van der Waals surface area contributed by atoms with E-state index < -0.39 is 0 Å². The molecule has 0 aliphatic carbocycles. The van der Waals surface area contributed by atoms with Crippen LogP contribution in [0.3, 0.4) is 0 Å². The molecule has 106 valence electrons. The summed E-state index contributed by atoms with van der Waals surface area (Å²) in [6.07, 6.45) is 0.683. The van der Waals surface area contributed by atoms with Crippen LogP contribution >= 0.6 is 45.8 Å². The molecule has 2 nitrogen and oxygen atoms in total. The molecule has 0 saturated carbocycles. The Hall–Kier alpha value is -0.490. The van der Waals surface area contributed by atoms with Crippen molar-refractivity contribution in [3.63, 3.8) is 0 Å². The van der Waals surface area contributed by atoms with E-state index in [2.05, 4.69) is 22.6 Å². The minimum absolute atomic E-state index is 0.468. The van der Waals surface area contributed by atoms with Crippen LogP contribution in [0.25, 0.3) is 0 Å². The van der Waals surface area contributed by atoms with Gasteiger partial charge in [-0.3, -0.25) is 0 Å². The summed E-state index contributed by atoms with van der Waals surface area (Å²) in [5.74, 6) is 0.667. The molecular weight excluding hydrogens is 408 g/mol. The largest absolute Gasteiger partial charge is 0.487 e. The van der Waals surface area contributed by atoms with E-state index >= 15 is 0 Å². The van der Waals surface area contributed by atoms with Gasteiger partial charge in [-0.2, -0.15) is 0 Å². The fourth-order valence-corrected chi connectivity index (χ4v) is 2.80. The van der Waals surface area contributed by atoms with Gasteiger partial charge in [0.1, 0.15) is 12.4 Å². The quantitative estimate of drug-likeness (QED) is 0.711. The molecule has 2 aromatic carbocycles. The number of hydrogen-bond acceptors (Lipinski definition) is 2. The zero-order valence-corrected chi connectivity index (χ0v) is 14.4. The Kier molecular flexibility index (Phi) is 5.96. The maximum atomic E-state index is 6.21. The molecule has 0 aliphatic rings. The first-order valence-electron chi connectivity index (χ1n) is 6.15. The van der Waals surface area contributed by atoms with Gasteiger partial charge in [0.15, 0.2) is 0 Å². The summed E-state index contributed by atoms with van der Waals surface area (Å²) < 4.78 is 7.05. The first kappa shape index (κ1) is 15.9. The summed E-state index contributed by atoms with van der Waals surface area (Å²) in [6.45, 7) is 0.992. The van der Waals surface area contributed by atoms with Crippen molar-refractivity contribution in [2.75, 3.05) is 6.54 Å². The molecule has 0 heterocycles. The summed E-state index contributed by atoms with van der Waals surface area (Å²) >= 11 is 14.5. The predicted octanol–water partition coefficient (Wildman–Crippen LogP) is 4.68. The SMILES string of the molecule is NCCc1cc(Cl)cc(Cl)c1OCc1ccc(I)cc1. The second-order valence-corrected chi connectivity index (χ2v) is 6.42. The van der Waals surface area contributed by atoms with E-state index in [1.807, 2.05) is 30.3 Å². The third-order valence-corrected chi connectivity index (χ3v) is 4.01. The van der Waals surface area contributed by atoms with Crippen LogP contribution in [0, 0.1) is 3.57 Å². The third kappa shape index (κ3) is 4.25. The standard InChI is InChI=1S/C15H14Cl2INO/c16-12-7-11(5-6-19)15(14(17)8-12)20-9-10-1-3-13(18)4-2-10/h1-4,7-8H,5-6,9,19H2. The Bertz CT molecular complexity index is 587. The van der Waals surface area contributed by atoms with Gasteiger partial charge in [0.25, 0.3) is 0 Å². The Morgan fingerprint density at radius 1 is 1.10 bits per heavy atom. The molecule has 2 N–H and O–H groups in total. The zero-order valence-electron chi connectivity index (χ0n) is 10.7. The minimum Gasteiger partial charge on any atom is -0.487 e. The van der Waals surface area contributed by atoms with Crippen molar-refractivity contribution in [2.24, 2.45) is 5.73 Å². The van der Waals surface area contributed by atoms with Crippen LogP contribution in [-0.2, 0) is 13.0 Å². The smallest absolute Gasteiger partial charge is 0.141 e. The van der Waals surface area contributed by atoms with Crippen LogP contribution in [0.2, 0.25) is 10.0 Å². The number of nitrogens with two attached hydrogens (primary N) is 1. The molecule has 0 aromatic heterocycles. The Morgan fingerprint density at radius 3 is 2.45 bits per heavy atom. The van der Waals surface area contributed by atoms with Crippen molar-refractivity contribution in [2.45, 2.75) is 13.0 Å². The van der Waals surface area contributed by atoms with E-state index in [1.165, 1.54) is 3.57 Å². The highest BCUT2D eigenvalue weighted by atomic mass is 127. The lowest BCUT2D eigenvalue weighted by Gasteiger charge is -2.13. The minimum atomic E-state index is 0.468. The number of benzene rings is 2. The number of halogens is 3. The van der Waals surface area contributed by atoms with Crippen LogP contribution < -0.4 is 10.5 Å². The van der Waals surface area contributed by atoms with Gasteiger partial charge in [0, 0.05) is 8.59 Å². The van der Waals surface area contributed by atoms with E-state index in [1.54, 1.807) is 6.07 Å². The topological polar surface area (TPSA) is 35.2 Å². The molecule has 0 amide bonds. The van der Waals surface area contributed by atoms with Crippen molar-refractivity contribution >= 4 is 45.8 Å². The van der Waals surface area contributed by atoms with E-state index in [9.17, 15) is 0 Å². The highest BCUT2D eigenvalue weighted by Gasteiger charge is 2.10. The fraction of sp³-hybridized carbons (Fsp3) is 0.200. The summed E-state index contributed by atoms with van der Waals surface area (Å²) in [5, 5.41) is 1.12. The van der Waals surface area contributed by atoms with Gasteiger partial charge in [-0.1, -0.05) is 35.3 Å². The molecule has 0 spiro atoms. The highest BCUT2D eigenvalue weighted by Crippen LogP contribution is 2.33. The van der Waals surface area contributed by atoms with Crippen LogP contribution in [-0.4, -0.2) is 6.54 Å². The predicted molar refractivity (Wildman–Crippen MR) is 92.7 cm³/mol. The molecule has 2 rings (SSSR count). The van der Waals surface area contributed by atoms with Gasteiger partial charge in [-0.05, 0) is 70.9 Å². The summed E-state index contributed by atoms with van der Waals surface area (Å²) in [7, 11) is 0. The maximum absolute atomic E-state index is 6.21. The average molecular weight is 422 g/mol. The van der Waals surface area contributed by atoms with E-state index in [0.717, 1.165) is 11.1 Å². The van der Waals surface area contributed by atoms with Crippen LogP contribution in [0.4, 0.5) is 0 Å². The van der Waals surface area contributed by atoms with Crippen molar-refractivity contribution < 1.29 is 4.74 Å². The molecule has 0 radical (unpaired) electrons. The number of rotatable bonds is 5. The molecule has 20 heavy (non-hydrogen) atoms. The van der Waals surface area contributed by atoms with Crippen molar-refractivity contribution in [1.29, 1.82) is 0 Å². The maximum Gasteiger partial charge on any atom is 0.141 e. The van der Waals surface area contributed by atoms with E-state index in [0.29, 0.717) is 35.4 Å². The first-order chi connectivity index (χ1) is 9.60. The van der Waals surface area contributed by atoms with Gasteiger partial charge in [-0.15, -0.1) is 0 Å². The lowest BCUT2D eigenvalue weighted by Crippen LogP contribution is -2.06. The summed E-state index contributed by atoms with van der Waals surface area (Å²) in [6, 6.07) is 11.7. The lowest BCUT2D eigenvalue weighted by molar-refractivity contribution is 0.303. The van der Waals surface area contributed by atoms with Crippen molar-refractivity contribution in [1.82, 2.24) is 0 Å². The molecule has 5 heteroatoms. The van der Waals surface area contributed by atoms with Gasteiger partial charge in [-0.25, -0.2) is 0 Å². The molecule has 0 unspecified atom stereocenters. The number of hydrogen-bond donors (Lipinski definition) is 1. The second kappa shape index (κ2) is 7.50. The van der Waals surface area contributed by atoms with Crippen molar-refractivity contribution in [3.8, 4) is 5.75 Å². The normalized spacial score (nSPS) is 10.6. The molecule has 0 saturated heterocycles. The zero-order chi connectivity index (χ0) is 14.5. The Labute approximate surface area is 142 Å². The van der Waals surface area contributed by atoms with Gasteiger partial charge >= 0.3 is 0 Å². The average Bonchev–Trinajstić information content (AvgIpc) is 2.40. The molecular formula is C15H14Cl2INO.